The van der Waals surface area contributed by atoms with Crippen molar-refractivity contribution >= 4 is 11.7 Å². The van der Waals surface area contributed by atoms with Crippen LogP contribution in [0.25, 0.3) is 0 Å². The van der Waals surface area contributed by atoms with Crippen LogP contribution < -0.4 is 15.8 Å². The maximum absolute atomic E-state index is 11.3. The molecule has 17 heavy (non-hydrogen) atoms. The molecule has 6 heteroatoms. The maximum atomic E-state index is 11.3. The van der Waals surface area contributed by atoms with E-state index in [2.05, 4.69) is 15.3 Å². The summed E-state index contributed by atoms with van der Waals surface area (Å²) in [6, 6.07) is 1.64. The van der Waals surface area contributed by atoms with Gasteiger partial charge in [0.2, 0.25) is 5.91 Å². The van der Waals surface area contributed by atoms with Gasteiger partial charge in [0, 0.05) is 32.1 Å². The van der Waals surface area contributed by atoms with Crippen molar-refractivity contribution in [3.8, 4) is 0 Å². The number of aromatic nitrogens is 2. The normalized spacial score (nSPS) is 19.4. The Morgan fingerprint density at radius 1 is 1.65 bits per heavy atom. The molecule has 2 heterocycles. The van der Waals surface area contributed by atoms with Crippen molar-refractivity contribution in [3.63, 3.8) is 0 Å². The summed E-state index contributed by atoms with van der Waals surface area (Å²) in [6.45, 7) is 4.78. The van der Waals surface area contributed by atoms with Gasteiger partial charge in [0.15, 0.2) is 0 Å². The third-order valence-electron chi connectivity index (χ3n) is 2.77. The molecule has 2 N–H and O–H groups in total. The summed E-state index contributed by atoms with van der Waals surface area (Å²) in [6.07, 6.45) is 0.882. The zero-order valence-electron chi connectivity index (χ0n) is 9.99. The van der Waals surface area contributed by atoms with Gasteiger partial charge in [-0.25, -0.2) is 4.98 Å². The van der Waals surface area contributed by atoms with Gasteiger partial charge < -0.3 is 15.2 Å². The lowest BCUT2D eigenvalue weighted by Gasteiger charge is -2.17. The van der Waals surface area contributed by atoms with E-state index < -0.39 is 0 Å². The van der Waals surface area contributed by atoms with E-state index in [4.69, 9.17) is 0 Å². The number of nitrogens with one attached hydrogen (secondary N) is 2. The highest BCUT2D eigenvalue weighted by atomic mass is 16.1. The average molecular weight is 236 g/mol. The van der Waals surface area contributed by atoms with Gasteiger partial charge in [0.05, 0.1) is 0 Å². The van der Waals surface area contributed by atoms with E-state index in [0.29, 0.717) is 18.2 Å². The Balaban J connectivity index is 2.09. The summed E-state index contributed by atoms with van der Waals surface area (Å²) >= 11 is 0. The lowest BCUT2D eigenvalue weighted by molar-refractivity contribution is -0.119. The molecule has 92 valence electrons. The minimum atomic E-state index is -0.143. The fraction of sp³-hybridized carbons (Fsp3) is 0.545. The molecule has 1 atom stereocenters. The van der Waals surface area contributed by atoms with Crippen LogP contribution in [0, 0.1) is 6.92 Å². The van der Waals surface area contributed by atoms with Crippen LogP contribution in [-0.4, -0.2) is 35.0 Å². The average Bonchev–Trinajstić information content (AvgIpc) is 2.63. The molecule has 1 aromatic heterocycles. The summed E-state index contributed by atoms with van der Waals surface area (Å²) in [7, 11) is 0. The van der Waals surface area contributed by atoms with Crippen LogP contribution in [0.2, 0.25) is 0 Å². The molecule has 6 nitrogen and oxygen atoms in total. The van der Waals surface area contributed by atoms with Gasteiger partial charge >= 0.3 is 0 Å². The van der Waals surface area contributed by atoms with E-state index in [1.807, 2.05) is 4.90 Å². The molecule has 0 bridgehead atoms. The molecule has 0 aromatic carbocycles. The van der Waals surface area contributed by atoms with Gasteiger partial charge in [0.1, 0.15) is 11.6 Å². The van der Waals surface area contributed by atoms with Crippen molar-refractivity contribution in [1.29, 1.82) is 0 Å². The molecular formula is C11H16N4O2. The zero-order valence-corrected chi connectivity index (χ0v) is 9.99. The summed E-state index contributed by atoms with van der Waals surface area (Å²) in [5.74, 6) is 1.27. The Hall–Kier alpha value is -1.85. The van der Waals surface area contributed by atoms with Gasteiger partial charge in [0.25, 0.3) is 5.56 Å². The lowest BCUT2D eigenvalue weighted by atomic mass is 10.3. The van der Waals surface area contributed by atoms with Crippen molar-refractivity contribution in [3.05, 3.63) is 22.2 Å². The van der Waals surface area contributed by atoms with E-state index in [0.717, 1.165) is 13.0 Å². The molecule has 1 aromatic rings. The fourth-order valence-corrected chi connectivity index (χ4v) is 2.10. The second-order valence-corrected chi connectivity index (χ2v) is 4.32. The number of hydrogen-bond donors (Lipinski definition) is 2. The van der Waals surface area contributed by atoms with Crippen LogP contribution >= 0.6 is 0 Å². The molecule has 1 amide bonds. The largest absolute Gasteiger partial charge is 0.354 e. The molecule has 1 saturated heterocycles. The molecule has 1 aliphatic rings. The smallest absolute Gasteiger partial charge is 0.252 e. The zero-order chi connectivity index (χ0) is 12.4. The maximum Gasteiger partial charge on any atom is 0.252 e. The summed E-state index contributed by atoms with van der Waals surface area (Å²) in [4.78, 5) is 31.2. The quantitative estimate of drug-likeness (QED) is 0.745. The van der Waals surface area contributed by atoms with E-state index in [-0.39, 0.29) is 17.5 Å². The highest BCUT2D eigenvalue weighted by Crippen LogP contribution is 2.16. The van der Waals surface area contributed by atoms with Crippen molar-refractivity contribution in [2.24, 2.45) is 0 Å². The lowest BCUT2D eigenvalue weighted by Crippen LogP contribution is -2.36. The van der Waals surface area contributed by atoms with E-state index >= 15 is 0 Å². The second-order valence-electron chi connectivity index (χ2n) is 4.32. The summed E-state index contributed by atoms with van der Waals surface area (Å²) in [5, 5.41) is 2.88. The first-order chi connectivity index (χ1) is 8.04. The van der Waals surface area contributed by atoms with E-state index in [1.54, 1.807) is 6.92 Å². The molecule has 1 fully saturated rings. The van der Waals surface area contributed by atoms with Crippen molar-refractivity contribution in [1.82, 2.24) is 15.3 Å². The molecule has 0 spiro atoms. The summed E-state index contributed by atoms with van der Waals surface area (Å²) in [5.41, 5.74) is -0.143. The Morgan fingerprint density at radius 3 is 3.06 bits per heavy atom. The topological polar surface area (TPSA) is 78.1 Å². The number of carbonyl (C=O) groups is 1. The van der Waals surface area contributed by atoms with Crippen LogP contribution in [0.4, 0.5) is 5.82 Å². The molecule has 2 rings (SSSR count). The van der Waals surface area contributed by atoms with Crippen LogP contribution in [-0.2, 0) is 4.79 Å². The van der Waals surface area contributed by atoms with Crippen molar-refractivity contribution < 1.29 is 4.79 Å². The van der Waals surface area contributed by atoms with E-state index in [1.165, 1.54) is 13.0 Å². The van der Waals surface area contributed by atoms with E-state index in [9.17, 15) is 9.59 Å². The number of nitrogens with zero attached hydrogens (tertiary/aromatic N) is 2. The third kappa shape index (κ3) is 2.83. The van der Waals surface area contributed by atoms with Crippen molar-refractivity contribution in [2.75, 3.05) is 18.0 Å². The molecule has 1 aliphatic heterocycles. The number of H-pyrrole nitrogens is 1. The van der Waals surface area contributed by atoms with Crippen LogP contribution in [0.15, 0.2) is 10.9 Å². The first-order valence-corrected chi connectivity index (χ1v) is 5.64. The molecule has 0 radical (unpaired) electrons. The van der Waals surface area contributed by atoms with Crippen LogP contribution in [0.3, 0.4) is 0 Å². The molecule has 0 aliphatic carbocycles. The van der Waals surface area contributed by atoms with Crippen LogP contribution in [0.1, 0.15) is 19.2 Å². The summed E-state index contributed by atoms with van der Waals surface area (Å²) < 4.78 is 0. The molecule has 1 unspecified atom stereocenters. The number of rotatable bonds is 2. The number of aromatic amines is 1. The first kappa shape index (κ1) is 11.6. The van der Waals surface area contributed by atoms with Gasteiger partial charge in [-0.1, -0.05) is 0 Å². The number of carbonyl (C=O) groups excluding carboxylic acids is 1. The Kier molecular flexibility index (Phi) is 3.12. The Morgan fingerprint density at radius 2 is 2.41 bits per heavy atom. The predicted molar refractivity (Wildman–Crippen MR) is 64.0 cm³/mol. The number of hydrogen-bond acceptors (Lipinski definition) is 4. The minimum absolute atomic E-state index is 0.0214. The fourth-order valence-electron chi connectivity index (χ4n) is 2.10. The predicted octanol–water partition coefficient (Wildman–Crippen LogP) is -0.207. The minimum Gasteiger partial charge on any atom is -0.354 e. The number of aryl methyl sites for hydroxylation is 1. The molecule has 0 saturated carbocycles. The van der Waals surface area contributed by atoms with Crippen LogP contribution in [0.5, 0.6) is 0 Å². The monoisotopic (exact) mass is 236 g/mol. The molecular weight excluding hydrogens is 220 g/mol. The standard InChI is InChI=1S/C11H16N4O2/c1-7-12-10(5-11(17)13-7)15-4-3-9(6-15)14-8(2)16/h5,9H,3-4,6H2,1-2H3,(H,14,16)(H,12,13,17). The Bertz CT molecular complexity index is 483. The highest BCUT2D eigenvalue weighted by molar-refractivity contribution is 5.73. The first-order valence-electron chi connectivity index (χ1n) is 5.64. The van der Waals surface area contributed by atoms with Gasteiger partial charge in [-0.05, 0) is 13.3 Å². The number of anilines is 1. The highest BCUT2D eigenvalue weighted by Gasteiger charge is 2.24. The Labute approximate surface area is 99.1 Å². The SMILES string of the molecule is CC(=O)NC1CCN(c2cc(=O)[nH]c(C)n2)C1. The van der Waals surface area contributed by atoms with Crippen molar-refractivity contribution in [2.45, 2.75) is 26.3 Å². The van der Waals surface area contributed by atoms with Gasteiger partial charge in [-0.3, -0.25) is 9.59 Å². The third-order valence-corrected chi connectivity index (χ3v) is 2.77. The van der Waals surface area contributed by atoms with Gasteiger partial charge in [-0.2, -0.15) is 0 Å². The van der Waals surface area contributed by atoms with Gasteiger partial charge in [-0.15, -0.1) is 0 Å². The number of amides is 1. The second kappa shape index (κ2) is 4.57.